The minimum atomic E-state index is -0.780. The normalized spacial score (nSPS) is 12.2. The first-order chi connectivity index (χ1) is 31.0. The first kappa shape index (κ1) is 60.6. The van der Waals surface area contributed by atoms with Gasteiger partial charge in [-0.25, -0.2) is 0 Å². The van der Waals surface area contributed by atoms with Crippen molar-refractivity contribution in [2.75, 3.05) is 13.2 Å². The molecule has 6 heteroatoms. The van der Waals surface area contributed by atoms with Crippen LogP contribution in [0.4, 0.5) is 0 Å². The highest BCUT2D eigenvalue weighted by Gasteiger charge is 2.19. The van der Waals surface area contributed by atoms with Gasteiger partial charge in [0.1, 0.15) is 13.2 Å². The summed E-state index contributed by atoms with van der Waals surface area (Å²) < 4.78 is 16.8. The van der Waals surface area contributed by atoms with Crippen molar-refractivity contribution in [1.82, 2.24) is 0 Å². The molecule has 0 aromatic heterocycles. The molecule has 368 valence electrons. The molecule has 0 aliphatic rings. The van der Waals surface area contributed by atoms with E-state index in [1.165, 1.54) is 167 Å². The summed E-state index contributed by atoms with van der Waals surface area (Å²) in [4.78, 5) is 38.0. The number of carbonyl (C=O) groups excluding carboxylic acids is 3. The molecule has 0 aliphatic heterocycles. The molecule has 0 aromatic rings. The molecule has 0 heterocycles. The van der Waals surface area contributed by atoms with Crippen LogP contribution >= 0.6 is 0 Å². The molecule has 0 saturated carbocycles. The van der Waals surface area contributed by atoms with Crippen LogP contribution in [-0.4, -0.2) is 37.2 Å². The molecular formula is C57H104O6. The van der Waals surface area contributed by atoms with Gasteiger partial charge in [0, 0.05) is 19.3 Å². The quantitative estimate of drug-likeness (QED) is 0.0262. The van der Waals surface area contributed by atoms with Crippen molar-refractivity contribution in [1.29, 1.82) is 0 Å². The van der Waals surface area contributed by atoms with Crippen molar-refractivity contribution in [3.8, 4) is 0 Å². The highest BCUT2D eigenvalue weighted by molar-refractivity contribution is 5.71. The molecule has 0 aliphatic carbocycles. The van der Waals surface area contributed by atoms with Crippen LogP contribution in [0.1, 0.15) is 290 Å². The van der Waals surface area contributed by atoms with E-state index in [2.05, 4.69) is 57.2 Å². The van der Waals surface area contributed by atoms with Gasteiger partial charge in [0.25, 0.3) is 0 Å². The SMILES string of the molecule is CCCC/C=C\CCCCCCC(=O)OCC(COC(=O)CCCCCCCCC/C=C\CCCCCCCCCC)OC(=O)CCCCCCC/C=C\CCCCCCCCC. The molecule has 0 fully saturated rings. The molecule has 0 radical (unpaired) electrons. The number of esters is 3. The van der Waals surface area contributed by atoms with Gasteiger partial charge in [0.2, 0.25) is 0 Å². The van der Waals surface area contributed by atoms with E-state index < -0.39 is 6.10 Å². The maximum atomic E-state index is 12.8. The number of carbonyl (C=O) groups is 3. The first-order valence-corrected chi connectivity index (χ1v) is 27.5. The molecule has 0 aromatic carbocycles. The number of hydrogen-bond acceptors (Lipinski definition) is 6. The molecule has 1 atom stereocenters. The summed E-state index contributed by atoms with van der Waals surface area (Å²) in [6, 6.07) is 0. The van der Waals surface area contributed by atoms with E-state index in [1.807, 2.05) is 0 Å². The van der Waals surface area contributed by atoms with E-state index in [1.54, 1.807) is 0 Å². The lowest BCUT2D eigenvalue weighted by Gasteiger charge is -2.18. The lowest BCUT2D eigenvalue weighted by molar-refractivity contribution is -0.167. The molecule has 6 nitrogen and oxygen atoms in total. The molecule has 0 rings (SSSR count). The molecule has 0 amide bonds. The number of ether oxygens (including phenoxy) is 3. The minimum absolute atomic E-state index is 0.0797. The van der Waals surface area contributed by atoms with Gasteiger partial charge in [-0.2, -0.15) is 0 Å². The Bertz CT molecular complexity index is 1060. The second kappa shape index (κ2) is 52.3. The predicted octanol–water partition coefficient (Wildman–Crippen LogP) is 18.1. The van der Waals surface area contributed by atoms with Crippen molar-refractivity contribution in [2.45, 2.75) is 297 Å². The maximum absolute atomic E-state index is 12.8. The number of rotatable bonds is 50. The van der Waals surface area contributed by atoms with Crippen molar-refractivity contribution >= 4 is 17.9 Å². The van der Waals surface area contributed by atoms with E-state index >= 15 is 0 Å². The second-order valence-corrected chi connectivity index (χ2v) is 18.5. The Balaban J connectivity index is 4.31. The van der Waals surface area contributed by atoms with E-state index in [0.29, 0.717) is 19.3 Å². The Morgan fingerprint density at radius 2 is 0.540 bits per heavy atom. The Morgan fingerprint density at radius 3 is 0.841 bits per heavy atom. The van der Waals surface area contributed by atoms with Crippen molar-refractivity contribution < 1.29 is 28.6 Å². The summed E-state index contributed by atoms with van der Waals surface area (Å²) in [5.41, 5.74) is 0. The van der Waals surface area contributed by atoms with Crippen LogP contribution in [0.25, 0.3) is 0 Å². The maximum Gasteiger partial charge on any atom is 0.306 e. The highest BCUT2D eigenvalue weighted by Crippen LogP contribution is 2.15. The summed E-state index contributed by atoms with van der Waals surface area (Å²) >= 11 is 0. The Hall–Kier alpha value is -2.37. The Kier molecular flexibility index (Phi) is 50.3. The van der Waals surface area contributed by atoms with Crippen LogP contribution in [0.2, 0.25) is 0 Å². The number of allylic oxidation sites excluding steroid dienone is 6. The third kappa shape index (κ3) is 50.5. The van der Waals surface area contributed by atoms with Crippen molar-refractivity contribution in [2.24, 2.45) is 0 Å². The molecule has 0 N–H and O–H groups in total. The van der Waals surface area contributed by atoms with Gasteiger partial charge >= 0.3 is 17.9 Å². The summed E-state index contributed by atoms with van der Waals surface area (Å²) in [6.45, 7) is 6.60. The zero-order chi connectivity index (χ0) is 45.8. The fourth-order valence-electron chi connectivity index (χ4n) is 7.88. The van der Waals surface area contributed by atoms with E-state index in [9.17, 15) is 14.4 Å². The monoisotopic (exact) mass is 885 g/mol. The van der Waals surface area contributed by atoms with Crippen LogP contribution in [-0.2, 0) is 28.6 Å². The third-order valence-corrected chi connectivity index (χ3v) is 12.1. The van der Waals surface area contributed by atoms with Crippen LogP contribution in [0.3, 0.4) is 0 Å². The number of unbranched alkanes of at least 4 members (excludes halogenated alkanes) is 33. The van der Waals surface area contributed by atoms with Gasteiger partial charge in [-0.05, 0) is 89.9 Å². The minimum Gasteiger partial charge on any atom is -0.462 e. The lowest BCUT2D eigenvalue weighted by Crippen LogP contribution is -2.30. The Labute approximate surface area is 391 Å². The third-order valence-electron chi connectivity index (χ3n) is 12.1. The van der Waals surface area contributed by atoms with E-state index in [0.717, 1.165) is 83.5 Å². The summed E-state index contributed by atoms with van der Waals surface area (Å²) in [5.74, 6) is -0.895. The smallest absolute Gasteiger partial charge is 0.306 e. The zero-order valence-electron chi connectivity index (χ0n) is 42.1. The molecule has 0 spiro atoms. The largest absolute Gasteiger partial charge is 0.462 e. The average Bonchev–Trinajstić information content (AvgIpc) is 3.28. The average molecular weight is 885 g/mol. The first-order valence-electron chi connectivity index (χ1n) is 27.5. The molecule has 63 heavy (non-hydrogen) atoms. The van der Waals surface area contributed by atoms with E-state index in [4.69, 9.17) is 14.2 Å². The van der Waals surface area contributed by atoms with Gasteiger partial charge in [-0.1, -0.05) is 218 Å². The van der Waals surface area contributed by atoms with Crippen molar-refractivity contribution in [3.63, 3.8) is 0 Å². The van der Waals surface area contributed by atoms with Gasteiger partial charge in [-0.3, -0.25) is 14.4 Å². The van der Waals surface area contributed by atoms with Gasteiger partial charge in [-0.15, -0.1) is 0 Å². The molecule has 0 bridgehead atoms. The Morgan fingerprint density at radius 1 is 0.302 bits per heavy atom. The predicted molar refractivity (Wildman–Crippen MR) is 270 cm³/mol. The molecule has 0 saturated heterocycles. The molecule has 1 unspecified atom stereocenters. The van der Waals surface area contributed by atoms with Crippen molar-refractivity contribution in [3.05, 3.63) is 36.5 Å². The van der Waals surface area contributed by atoms with Crippen LogP contribution < -0.4 is 0 Å². The van der Waals surface area contributed by atoms with Crippen LogP contribution in [0.5, 0.6) is 0 Å². The summed E-state index contributed by atoms with van der Waals surface area (Å²) in [7, 11) is 0. The molecular weight excluding hydrogens is 781 g/mol. The zero-order valence-corrected chi connectivity index (χ0v) is 42.1. The summed E-state index contributed by atoms with van der Waals surface area (Å²) in [5, 5.41) is 0. The standard InChI is InChI=1S/C57H104O6/c1-4-7-10-13-16-19-22-24-26-28-29-30-32-33-35-38-41-44-47-50-56(59)62-53-54(52-61-55(58)49-46-43-40-37-21-18-15-12-9-6-3)63-57(60)51-48-45-42-39-36-34-31-27-25-23-20-17-14-11-8-5-2/h15,18,27-29,31,54H,4-14,16-17,19-26,30,32-53H2,1-3H3/b18-15-,29-28-,31-27-. The fourth-order valence-corrected chi connectivity index (χ4v) is 7.88. The van der Waals surface area contributed by atoms with Gasteiger partial charge in [0.15, 0.2) is 6.10 Å². The van der Waals surface area contributed by atoms with Crippen LogP contribution in [0, 0.1) is 0 Å². The van der Waals surface area contributed by atoms with Gasteiger partial charge in [0.05, 0.1) is 0 Å². The topological polar surface area (TPSA) is 78.9 Å². The number of hydrogen-bond donors (Lipinski definition) is 0. The van der Waals surface area contributed by atoms with E-state index in [-0.39, 0.29) is 31.1 Å². The highest BCUT2D eigenvalue weighted by atomic mass is 16.6. The van der Waals surface area contributed by atoms with Crippen LogP contribution in [0.15, 0.2) is 36.5 Å². The summed E-state index contributed by atoms with van der Waals surface area (Å²) in [6.07, 6.45) is 61.4. The lowest BCUT2D eigenvalue weighted by atomic mass is 10.1. The fraction of sp³-hybridized carbons (Fsp3) is 0.842. The second-order valence-electron chi connectivity index (χ2n) is 18.5. The van der Waals surface area contributed by atoms with Gasteiger partial charge < -0.3 is 14.2 Å².